The van der Waals surface area contributed by atoms with Crippen molar-refractivity contribution in [1.29, 1.82) is 0 Å². The molecule has 0 heterocycles. The molecule has 1 amide bonds. The number of rotatable bonds is 6. The molecule has 0 saturated heterocycles. The van der Waals surface area contributed by atoms with Crippen molar-refractivity contribution in [3.8, 4) is 5.75 Å². The van der Waals surface area contributed by atoms with E-state index in [-0.39, 0.29) is 18.9 Å². The van der Waals surface area contributed by atoms with E-state index < -0.39 is 11.6 Å². The number of para-hydroxylation sites is 1. The average molecular weight is 263 g/mol. The summed E-state index contributed by atoms with van der Waals surface area (Å²) in [7, 11) is 1.61. The van der Waals surface area contributed by atoms with Gasteiger partial charge in [0.05, 0.1) is 6.42 Å². The summed E-state index contributed by atoms with van der Waals surface area (Å²) in [6.07, 6.45) is 1.31. The lowest BCUT2D eigenvalue weighted by Gasteiger charge is -2.23. The van der Waals surface area contributed by atoms with E-state index in [9.17, 15) is 9.59 Å². The lowest BCUT2D eigenvalue weighted by molar-refractivity contribution is -0.141. The van der Waals surface area contributed by atoms with Crippen LogP contribution in [0.4, 0.5) is 0 Å². The number of aliphatic carboxylic acids is 1. The number of likely N-dealkylation sites (N-methyl/N-ethyl adjacent to an activating group) is 1. The Bertz CT molecular complexity index is 468. The molecule has 2 rings (SSSR count). The predicted molar refractivity (Wildman–Crippen MR) is 68.9 cm³/mol. The molecule has 0 aromatic heterocycles. The number of carboxylic acid groups (broad SMARTS) is 1. The van der Waals surface area contributed by atoms with E-state index in [0.717, 1.165) is 0 Å². The Morgan fingerprint density at radius 1 is 1.32 bits per heavy atom. The van der Waals surface area contributed by atoms with Gasteiger partial charge in [-0.15, -0.1) is 0 Å². The summed E-state index contributed by atoms with van der Waals surface area (Å²) >= 11 is 0. The first-order valence-electron chi connectivity index (χ1n) is 6.25. The Balaban J connectivity index is 1.96. The molecule has 19 heavy (non-hydrogen) atoms. The molecule has 1 N–H and O–H groups in total. The van der Waals surface area contributed by atoms with Crippen LogP contribution in [0.2, 0.25) is 0 Å². The lowest BCUT2D eigenvalue weighted by Crippen LogP contribution is -2.42. The van der Waals surface area contributed by atoms with E-state index in [1.807, 2.05) is 30.3 Å². The van der Waals surface area contributed by atoms with Crippen LogP contribution in [-0.2, 0) is 9.59 Å². The van der Waals surface area contributed by atoms with E-state index >= 15 is 0 Å². The minimum atomic E-state index is -0.909. The highest BCUT2D eigenvalue weighted by Gasteiger charge is 2.54. The van der Waals surface area contributed by atoms with Crippen molar-refractivity contribution in [2.75, 3.05) is 13.6 Å². The molecule has 0 bridgehead atoms. The first-order valence-corrected chi connectivity index (χ1v) is 6.25. The molecule has 0 radical (unpaired) electrons. The smallest absolute Gasteiger partial charge is 0.305 e. The summed E-state index contributed by atoms with van der Waals surface area (Å²) < 4.78 is 5.76. The van der Waals surface area contributed by atoms with E-state index in [2.05, 4.69) is 0 Å². The maximum absolute atomic E-state index is 12.3. The first kappa shape index (κ1) is 13.4. The summed E-state index contributed by atoms with van der Waals surface area (Å²) in [6, 6.07) is 9.20. The third-order valence-electron chi connectivity index (χ3n) is 3.16. The minimum Gasteiger partial charge on any atom is -0.481 e. The van der Waals surface area contributed by atoms with Crippen molar-refractivity contribution in [3.63, 3.8) is 0 Å². The second kappa shape index (κ2) is 5.30. The van der Waals surface area contributed by atoms with Crippen LogP contribution in [0.5, 0.6) is 5.75 Å². The predicted octanol–water partition coefficient (Wildman–Crippen LogP) is 1.53. The van der Waals surface area contributed by atoms with Gasteiger partial charge >= 0.3 is 5.97 Å². The van der Waals surface area contributed by atoms with Gasteiger partial charge in [0.2, 0.25) is 0 Å². The third-order valence-corrected chi connectivity index (χ3v) is 3.16. The summed E-state index contributed by atoms with van der Waals surface area (Å²) in [5.74, 6) is -0.383. The number of carbonyl (C=O) groups is 2. The van der Waals surface area contributed by atoms with Gasteiger partial charge in [-0.25, -0.2) is 0 Å². The molecule has 1 aromatic rings. The lowest BCUT2D eigenvalue weighted by atomic mass is 10.2. The number of hydrogen-bond acceptors (Lipinski definition) is 3. The van der Waals surface area contributed by atoms with Crippen molar-refractivity contribution >= 4 is 11.9 Å². The van der Waals surface area contributed by atoms with Crippen molar-refractivity contribution in [1.82, 2.24) is 4.90 Å². The van der Waals surface area contributed by atoms with Crippen LogP contribution in [0, 0.1) is 0 Å². The highest BCUT2D eigenvalue weighted by atomic mass is 16.5. The van der Waals surface area contributed by atoms with Gasteiger partial charge in [0.1, 0.15) is 5.75 Å². The second-order valence-corrected chi connectivity index (χ2v) is 4.78. The van der Waals surface area contributed by atoms with Crippen molar-refractivity contribution in [2.24, 2.45) is 0 Å². The van der Waals surface area contributed by atoms with E-state index in [1.165, 1.54) is 4.90 Å². The van der Waals surface area contributed by atoms with Gasteiger partial charge in [0, 0.05) is 26.4 Å². The van der Waals surface area contributed by atoms with E-state index in [4.69, 9.17) is 9.84 Å². The SMILES string of the molecule is CN(CCC(=O)O)C(=O)C1(Oc2ccccc2)CC1. The molecule has 5 heteroatoms. The number of hydrogen-bond donors (Lipinski definition) is 1. The molecule has 1 aliphatic rings. The first-order chi connectivity index (χ1) is 9.03. The standard InChI is InChI=1S/C14H17NO4/c1-15(10-7-12(16)17)13(18)14(8-9-14)19-11-5-3-2-4-6-11/h2-6H,7-10H2,1H3,(H,16,17). The number of nitrogens with zero attached hydrogens (tertiary/aromatic N) is 1. The van der Waals surface area contributed by atoms with Gasteiger partial charge in [-0.05, 0) is 12.1 Å². The molecule has 0 unspecified atom stereocenters. The Morgan fingerprint density at radius 2 is 1.95 bits per heavy atom. The minimum absolute atomic E-state index is 0.0519. The third kappa shape index (κ3) is 3.24. The summed E-state index contributed by atoms with van der Waals surface area (Å²) in [4.78, 5) is 24.2. The molecule has 1 fully saturated rings. The largest absolute Gasteiger partial charge is 0.481 e. The normalized spacial score (nSPS) is 15.6. The Morgan fingerprint density at radius 3 is 2.47 bits per heavy atom. The molecular weight excluding hydrogens is 246 g/mol. The number of ether oxygens (including phenoxy) is 1. The van der Waals surface area contributed by atoms with Crippen LogP contribution in [-0.4, -0.2) is 41.1 Å². The van der Waals surface area contributed by atoms with Crippen molar-refractivity contribution in [3.05, 3.63) is 30.3 Å². The zero-order chi connectivity index (χ0) is 13.9. The van der Waals surface area contributed by atoms with E-state index in [1.54, 1.807) is 7.05 Å². The Hall–Kier alpha value is -2.04. The Kier molecular flexibility index (Phi) is 3.74. The van der Waals surface area contributed by atoms with Crippen molar-refractivity contribution < 1.29 is 19.4 Å². The van der Waals surface area contributed by atoms with Crippen LogP contribution < -0.4 is 4.74 Å². The second-order valence-electron chi connectivity index (χ2n) is 4.78. The molecule has 102 valence electrons. The molecule has 1 saturated carbocycles. The van der Waals surface area contributed by atoms with Crippen LogP contribution in [0.3, 0.4) is 0 Å². The zero-order valence-electron chi connectivity index (χ0n) is 10.8. The highest BCUT2D eigenvalue weighted by Crippen LogP contribution is 2.41. The summed E-state index contributed by atoms with van der Waals surface area (Å²) in [5, 5.41) is 8.63. The fourth-order valence-electron chi connectivity index (χ4n) is 1.90. The fourth-order valence-corrected chi connectivity index (χ4v) is 1.90. The van der Waals surface area contributed by atoms with Crippen LogP contribution >= 0.6 is 0 Å². The molecule has 1 aliphatic carbocycles. The number of benzene rings is 1. The molecule has 0 spiro atoms. The number of carbonyl (C=O) groups excluding carboxylic acids is 1. The quantitative estimate of drug-likeness (QED) is 0.845. The van der Waals surface area contributed by atoms with Crippen LogP contribution in [0.15, 0.2) is 30.3 Å². The number of carboxylic acids is 1. The summed E-state index contributed by atoms with van der Waals surface area (Å²) in [6.45, 7) is 0.202. The highest BCUT2D eigenvalue weighted by molar-refractivity contribution is 5.88. The van der Waals surface area contributed by atoms with Gasteiger partial charge in [-0.1, -0.05) is 18.2 Å². The van der Waals surface area contributed by atoms with Gasteiger partial charge in [-0.3, -0.25) is 9.59 Å². The average Bonchev–Trinajstić information content (AvgIpc) is 3.17. The Labute approximate surface area is 111 Å². The van der Waals surface area contributed by atoms with Crippen LogP contribution in [0.25, 0.3) is 0 Å². The molecular formula is C14H17NO4. The fraction of sp³-hybridized carbons (Fsp3) is 0.429. The van der Waals surface area contributed by atoms with E-state index in [0.29, 0.717) is 18.6 Å². The number of amides is 1. The van der Waals surface area contributed by atoms with Crippen molar-refractivity contribution in [2.45, 2.75) is 24.9 Å². The van der Waals surface area contributed by atoms with Gasteiger partial charge in [-0.2, -0.15) is 0 Å². The summed E-state index contributed by atoms with van der Waals surface area (Å²) in [5.41, 5.74) is -0.783. The van der Waals surface area contributed by atoms with Gasteiger partial charge < -0.3 is 14.7 Å². The van der Waals surface area contributed by atoms with Crippen LogP contribution in [0.1, 0.15) is 19.3 Å². The molecule has 0 aliphatic heterocycles. The molecule has 1 aromatic carbocycles. The van der Waals surface area contributed by atoms with Gasteiger partial charge in [0.15, 0.2) is 5.60 Å². The monoisotopic (exact) mass is 263 g/mol. The van der Waals surface area contributed by atoms with Gasteiger partial charge in [0.25, 0.3) is 5.91 Å². The molecule has 5 nitrogen and oxygen atoms in total. The topological polar surface area (TPSA) is 66.8 Å². The zero-order valence-corrected chi connectivity index (χ0v) is 10.8. The maximum atomic E-state index is 12.3. The molecule has 0 atom stereocenters. The maximum Gasteiger partial charge on any atom is 0.305 e.